The molecule has 202 valence electrons. The van der Waals surface area contributed by atoms with Crippen molar-refractivity contribution >= 4 is 17.7 Å². The lowest BCUT2D eigenvalue weighted by atomic mass is 9.71. The Morgan fingerprint density at radius 2 is 1.92 bits per heavy atom. The van der Waals surface area contributed by atoms with E-state index in [2.05, 4.69) is 39.6 Å². The molecule has 1 unspecified atom stereocenters. The Kier molecular flexibility index (Phi) is 6.07. The summed E-state index contributed by atoms with van der Waals surface area (Å²) < 4.78 is 6.45. The van der Waals surface area contributed by atoms with E-state index >= 15 is 0 Å². The molecule has 4 saturated heterocycles. The van der Waals surface area contributed by atoms with Gasteiger partial charge in [-0.25, -0.2) is 0 Å². The van der Waals surface area contributed by atoms with Crippen LogP contribution >= 0.6 is 0 Å². The van der Waals surface area contributed by atoms with E-state index in [0.717, 1.165) is 17.7 Å². The van der Waals surface area contributed by atoms with Crippen LogP contribution in [0, 0.1) is 28.6 Å². The molecule has 2 bridgehead atoms. The number of fused-ring (bicyclic) bond motifs is 3. The average Bonchev–Trinajstić information content (AvgIpc) is 3.24. The second-order valence-corrected chi connectivity index (χ2v) is 12.1. The normalized spacial score (nSPS) is 31.3. The predicted molar refractivity (Wildman–Crippen MR) is 138 cm³/mol. The molecule has 10 nitrogen and oxygen atoms in total. The third-order valence-electron chi connectivity index (χ3n) is 9.29. The Labute approximate surface area is 222 Å². The van der Waals surface area contributed by atoms with Crippen LogP contribution in [-0.4, -0.2) is 83.1 Å². The number of carbonyl (C=O) groups is 3. The van der Waals surface area contributed by atoms with Crippen LogP contribution < -0.4 is 10.6 Å². The van der Waals surface area contributed by atoms with Crippen molar-refractivity contribution in [2.45, 2.75) is 39.1 Å². The summed E-state index contributed by atoms with van der Waals surface area (Å²) in [5.74, 6) is -1.12. The first-order valence-corrected chi connectivity index (χ1v) is 13.4. The van der Waals surface area contributed by atoms with Gasteiger partial charge in [0.1, 0.15) is 6.04 Å². The van der Waals surface area contributed by atoms with Gasteiger partial charge in [-0.3, -0.25) is 24.4 Å². The maximum atomic E-state index is 13.9. The summed E-state index contributed by atoms with van der Waals surface area (Å²) in [6, 6.07) is 8.86. The molecule has 1 spiro atoms. The van der Waals surface area contributed by atoms with Gasteiger partial charge in [0.15, 0.2) is 0 Å². The molecule has 5 aliphatic rings. The first-order valence-electron chi connectivity index (χ1n) is 13.4. The van der Waals surface area contributed by atoms with Gasteiger partial charge in [0, 0.05) is 68.8 Å². The number of rotatable bonds is 6. The zero-order valence-electron chi connectivity index (χ0n) is 22.1. The molecule has 3 amide bonds. The number of ether oxygens (including phenoxy) is 1. The molecule has 38 heavy (non-hydrogen) atoms. The number of amides is 3. The number of aromatic nitrogens is 2. The van der Waals surface area contributed by atoms with Crippen molar-refractivity contribution < 1.29 is 19.1 Å². The second-order valence-electron chi connectivity index (χ2n) is 12.1. The van der Waals surface area contributed by atoms with Gasteiger partial charge in [0.05, 0.1) is 24.8 Å². The summed E-state index contributed by atoms with van der Waals surface area (Å²) in [5.41, 5.74) is 1.35. The molecule has 0 radical (unpaired) electrons. The average molecular weight is 521 g/mol. The molecule has 2 aromatic rings. The number of H-pyrrole nitrogens is 1. The van der Waals surface area contributed by atoms with E-state index in [9.17, 15) is 14.4 Å². The van der Waals surface area contributed by atoms with Gasteiger partial charge in [-0.15, -0.1) is 0 Å². The van der Waals surface area contributed by atoms with Crippen LogP contribution in [0.5, 0.6) is 0 Å². The van der Waals surface area contributed by atoms with E-state index in [1.807, 2.05) is 41.4 Å². The van der Waals surface area contributed by atoms with Crippen LogP contribution in [0.25, 0.3) is 0 Å². The number of carbonyl (C=O) groups excluding carboxylic acids is 3. The minimum atomic E-state index is -0.899. The van der Waals surface area contributed by atoms with Crippen LogP contribution in [0.15, 0.2) is 42.7 Å². The molecule has 1 aliphatic carbocycles. The maximum absolute atomic E-state index is 13.9. The minimum Gasteiger partial charge on any atom is -0.371 e. The molecule has 5 fully saturated rings. The van der Waals surface area contributed by atoms with E-state index in [1.54, 1.807) is 13.2 Å². The van der Waals surface area contributed by atoms with E-state index in [1.165, 1.54) is 0 Å². The molecule has 3 N–H and O–H groups in total. The van der Waals surface area contributed by atoms with Gasteiger partial charge in [0.25, 0.3) is 0 Å². The SMILES string of the molecule is CNC(=O)[C@H]1NC(=O)[C@H]2CN(Cc3cn[nH]c3)CC23CN(C3)C(=O)[C@H]2C([C@H]1OCc1ccccc1)C2(C)C. The number of likely N-dealkylation sites (tertiary alicyclic amines) is 1. The van der Waals surface area contributed by atoms with Crippen LogP contribution in [-0.2, 0) is 32.3 Å². The topological polar surface area (TPSA) is 120 Å². The highest BCUT2D eigenvalue weighted by molar-refractivity contribution is 5.91. The monoisotopic (exact) mass is 520 g/mol. The zero-order valence-corrected chi connectivity index (χ0v) is 22.1. The maximum Gasteiger partial charge on any atom is 0.245 e. The fourth-order valence-electron chi connectivity index (χ4n) is 7.21. The van der Waals surface area contributed by atoms with Gasteiger partial charge in [0.2, 0.25) is 17.7 Å². The highest BCUT2D eigenvalue weighted by Gasteiger charge is 2.70. The van der Waals surface area contributed by atoms with E-state index in [0.29, 0.717) is 26.2 Å². The summed E-state index contributed by atoms with van der Waals surface area (Å²) in [7, 11) is 1.57. The lowest BCUT2D eigenvalue weighted by Gasteiger charge is -2.51. The molecular weight excluding hydrogens is 484 g/mol. The Bertz CT molecular complexity index is 1210. The van der Waals surface area contributed by atoms with E-state index in [-0.39, 0.29) is 52.9 Å². The Balaban J connectivity index is 1.32. The Morgan fingerprint density at radius 3 is 2.61 bits per heavy atom. The van der Waals surface area contributed by atoms with Crippen LogP contribution in [0.2, 0.25) is 0 Å². The first-order chi connectivity index (χ1) is 18.2. The van der Waals surface area contributed by atoms with Crippen molar-refractivity contribution in [2.75, 3.05) is 33.2 Å². The van der Waals surface area contributed by atoms with Gasteiger partial charge in [-0.05, 0) is 11.0 Å². The number of benzene rings is 1. The number of nitrogens with zero attached hydrogens (tertiary/aromatic N) is 3. The van der Waals surface area contributed by atoms with Gasteiger partial charge < -0.3 is 20.3 Å². The van der Waals surface area contributed by atoms with Crippen LogP contribution in [0.3, 0.4) is 0 Å². The fourth-order valence-corrected chi connectivity index (χ4v) is 7.21. The molecule has 5 heterocycles. The predicted octanol–water partition coefficient (Wildman–Crippen LogP) is 0.772. The quantitative estimate of drug-likeness (QED) is 0.518. The zero-order chi connectivity index (χ0) is 26.7. The van der Waals surface area contributed by atoms with Gasteiger partial charge in [-0.1, -0.05) is 44.2 Å². The molecule has 1 saturated carbocycles. The van der Waals surface area contributed by atoms with Crippen LogP contribution in [0.4, 0.5) is 0 Å². The number of aromatic amines is 1. The summed E-state index contributed by atoms with van der Waals surface area (Å²) in [5, 5.41) is 12.7. The Morgan fingerprint density at radius 1 is 1.16 bits per heavy atom. The molecule has 4 aliphatic heterocycles. The van der Waals surface area contributed by atoms with E-state index < -0.39 is 12.1 Å². The Hall–Kier alpha value is -3.24. The van der Waals surface area contributed by atoms with Crippen molar-refractivity contribution in [3.8, 4) is 0 Å². The largest absolute Gasteiger partial charge is 0.371 e. The third-order valence-corrected chi connectivity index (χ3v) is 9.29. The van der Waals surface area contributed by atoms with Gasteiger partial charge >= 0.3 is 0 Å². The molecule has 5 atom stereocenters. The number of hydrogen-bond donors (Lipinski definition) is 3. The highest BCUT2D eigenvalue weighted by atomic mass is 16.5. The molecule has 1 aromatic heterocycles. The minimum absolute atomic E-state index is 0.107. The highest BCUT2D eigenvalue weighted by Crippen LogP contribution is 2.63. The summed E-state index contributed by atoms with van der Waals surface area (Å²) in [4.78, 5) is 45.2. The standard InChI is InChI=1S/C28H36N6O4/c1-27(2)20-21(27)26(37)34-15-28(16-34)14-33(11-18-9-30-31-10-18)12-19(28)24(35)32-22(25(36)29-3)23(20)38-13-17-7-5-4-6-8-17/h4-10,19-23H,11-16H2,1-3H3,(H,29,36)(H,30,31)(H,32,35)/t19-,20?,21-,22+,23-/m1/s1. The third kappa shape index (κ3) is 4.10. The molecule has 10 heteroatoms. The lowest BCUT2D eigenvalue weighted by Crippen LogP contribution is -2.65. The summed E-state index contributed by atoms with van der Waals surface area (Å²) in [6.07, 6.45) is 3.01. The van der Waals surface area contributed by atoms with Crippen molar-refractivity contribution in [2.24, 2.45) is 28.6 Å². The lowest BCUT2D eigenvalue weighted by molar-refractivity contribution is -0.151. The number of hydrogen-bond acceptors (Lipinski definition) is 6. The van der Waals surface area contributed by atoms with Crippen molar-refractivity contribution in [1.82, 2.24) is 30.6 Å². The number of likely N-dealkylation sites (N-methyl/N-ethyl adjacent to an activating group) is 1. The molecule has 7 rings (SSSR count). The fraction of sp³-hybridized carbons (Fsp3) is 0.571. The number of nitrogens with one attached hydrogen (secondary N) is 3. The summed E-state index contributed by atoms with van der Waals surface area (Å²) >= 11 is 0. The van der Waals surface area contributed by atoms with Crippen molar-refractivity contribution in [3.05, 3.63) is 53.9 Å². The second kappa shape index (κ2) is 9.20. The van der Waals surface area contributed by atoms with Gasteiger partial charge in [-0.2, -0.15) is 5.10 Å². The molecular formula is C28H36N6O4. The van der Waals surface area contributed by atoms with Crippen LogP contribution in [0.1, 0.15) is 25.0 Å². The smallest absolute Gasteiger partial charge is 0.245 e. The van der Waals surface area contributed by atoms with Crippen molar-refractivity contribution in [1.29, 1.82) is 0 Å². The summed E-state index contributed by atoms with van der Waals surface area (Å²) in [6.45, 7) is 7.50. The van der Waals surface area contributed by atoms with Crippen molar-refractivity contribution in [3.63, 3.8) is 0 Å². The first kappa shape index (κ1) is 25.1. The molecule has 1 aromatic carbocycles. The van der Waals surface area contributed by atoms with E-state index in [4.69, 9.17) is 4.74 Å².